The molecule has 2 aliphatic rings. The Morgan fingerprint density at radius 1 is 1.31 bits per heavy atom. The highest BCUT2D eigenvalue weighted by Crippen LogP contribution is 2.40. The van der Waals surface area contributed by atoms with E-state index < -0.39 is 0 Å². The molecule has 138 valence electrons. The molecule has 1 aromatic carbocycles. The van der Waals surface area contributed by atoms with Crippen LogP contribution in [0.15, 0.2) is 22.8 Å². The molecule has 5 nitrogen and oxygen atoms in total. The lowest BCUT2D eigenvalue weighted by molar-refractivity contribution is -0.144. The number of carbonyl (C=O) groups excluding carboxylic acids is 2. The fourth-order valence-electron chi connectivity index (χ4n) is 4.35. The summed E-state index contributed by atoms with van der Waals surface area (Å²) < 4.78 is 5.60. The van der Waals surface area contributed by atoms with Gasteiger partial charge < -0.3 is 14.2 Å². The van der Waals surface area contributed by atoms with Crippen LogP contribution in [0, 0.1) is 12.3 Å². The summed E-state index contributed by atoms with van der Waals surface area (Å²) in [5.41, 5.74) is 2.17. The molecule has 2 aromatic rings. The average molecular weight is 375 g/mol. The molecule has 2 aliphatic heterocycles. The summed E-state index contributed by atoms with van der Waals surface area (Å²) in [6, 6.07) is 3.76. The number of rotatable bonds is 2. The second-order valence-corrected chi connectivity index (χ2v) is 8.12. The van der Waals surface area contributed by atoms with Crippen LogP contribution < -0.4 is 0 Å². The number of hydrogen-bond donors (Lipinski definition) is 0. The van der Waals surface area contributed by atoms with Gasteiger partial charge in [-0.3, -0.25) is 9.59 Å². The van der Waals surface area contributed by atoms with Crippen molar-refractivity contribution >= 4 is 34.4 Å². The molecule has 2 amide bonds. The number of piperidine rings is 1. The van der Waals surface area contributed by atoms with Crippen molar-refractivity contribution in [2.75, 3.05) is 26.7 Å². The molecule has 3 heterocycles. The molecule has 26 heavy (non-hydrogen) atoms. The SMILES string of the molecule is Cc1cc2occ(CC(=O)N3CC[C@@]4(CCCN(C)C4=O)C3)c2cc1Cl. The molecule has 0 bridgehead atoms. The Labute approximate surface area is 157 Å². The van der Waals surface area contributed by atoms with Crippen molar-refractivity contribution in [3.8, 4) is 0 Å². The van der Waals surface area contributed by atoms with E-state index in [1.54, 1.807) is 6.26 Å². The van der Waals surface area contributed by atoms with Gasteiger partial charge in [-0.2, -0.15) is 0 Å². The van der Waals surface area contributed by atoms with E-state index in [0.717, 1.165) is 47.9 Å². The zero-order chi connectivity index (χ0) is 18.5. The van der Waals surface area contributed by atoms with Gasteiger partial charge in [0.05, 0.1) is 18.1 Å². The maximum Gasteiger partial charge on any atom is 0.230 e. The van der Waals surface area contributed by atoms with E-state index in [-0.39, 0.29) is 23.7 Å². The minimum Gasteiger partial charge on any atom is -0.464 e. The second kappa shape index (κ2) is 6.31. The first kappa shape index (κ1) is 17.4. The van der Waals surface area contributed by atoms with Crippen LogP contribution in [-0.4, -0.2) is 48.3 Å². The summed E-state index contributed by atoms with van der Waals surface area (Å²) >= 11 is 6.23. The molecule has 1 aromatic heterocycles. The van der Waals surface area contributed by atoms with Gasteiger partial charge in [0.1, 0.15) is 5.58 Å². The number of carbonyl (C=O) groups is 2. The van der Waals surface area contributed by atoms with Crippen molar-refractivity contribution in [3.05, 3.63) is 34.5 Å². The third-order valence-corrected chi connectivity index (χ3v) is 6.34. The van der Waals surface area contributed by atoms with E-state index in [1.807, 2.05) is 35.9 Å². The Morgan fingerprint density at radius 3 is 2.92 bits per heavy atom. The van der Waals surface area contributed by atoms with Crippen molar-refractivity contribution in [3.63, 3.8) is 0 Å². The van der Waals surface area contributed by atoms with Crippen molar-refractivity contribution in [1.82, 2.24) is 9.80 Å². The van der Waals surface area contributed by atoms with E-state index >= 15 is 0 Å². The molecule has 4 rings (SSSR count). The molecule has 1 atom stereocenters. The lowest BCUT2D eigenvalue weighted by Crippen LogP contribution is -2.48. The van der Waals surface area contributed by atoms with Crippen molar-refractivity contribution in [1.29, 1.82) is 0 Å². The first-order valence-corrected chi connectivity index (χ1v) is 9.47. The van der Waals surface area contributed by atoms with E-state index in [4.69, 9.17) is 16.0 Å². The Morgan fingerprint density at radius 2 is 2.12 bits per heavy atom. The number of likely N-dealkylation sites (tertiary alicyclic amines) is 2. The first-order valence-electron chi connectivity index (χ1n) is 9.09. The molecule has 0 N–H and O–H groups in total. The van der Waals surface area contributed by atoms with Gasteiger partial charge in [-0.25, -0.2) is 0 Å². The van der Waals surface area contributed by atoms with Crippen LogP contribution >= 0.6 is 11.6 Å². The molecule has 0 saturated carbocycles. The van der Waals surface area contributed by atoms with Gasteiger partial charge >= 0.3 is 0 Å². The zero-order valence-corrected chi connectivity index (χ0v) is 15.9. The average Bonchev–Trinajstić information content (AvgIpc) is 3.19. The number of aryl methyl sites for hydroxylation is 1. The second-order valence-electron chi connectivity index (χ2n) is 7.71. The minimum atomic E-state index is -0.373. The maximum absolute atomic E-state index is 12.8. The van der Waals surface area contributed by atoms with Gasteiger partial charge in [0, 0.05) is 42.7 Å². The predicted molar refractivity (Wildman–Crippen MR) is 100 cm³/mol. The fourth-order valence-corrected chi connectivity index (χ4v) is 4.51. The number of hydrogen-bond acceptors (Lipinski definition) is 3. The molecular formula is C20H23ClN2O3. The number of furan rings is 1. The van der Waals surface area contributed by atoms with Crippen molar-refractivity contribution in [2.24, 2.45) is 5.41 Å². The lowest BCUT2D eigenvalue weighted by Gasteiger charge is -2.37. The van der Waals surface area contributed by atoms with E-state index in [9.17, 15) is 9.59 Å². The Kier molecular flexibility index (Phi) is 4.22. The molecule has 0 aliphatic carbocycles. The van der Waals surface area contributed by atoms with Crippen molar-refractivity contribution < 1.29 is 14.0 Å². The quantitative estimate of drug-likeness (QED) is 0.809. The van der Waals surface area contributed by atoms with Gasteiger partial charge in [-0.15, -0.1) is 0 Å². The van der Waals surface area contributed by atoms with Gasteiger partial charge in [0.15, 0.2) is 0 Å². The molecule has 6 heteroatoms. The molecule has 0 unspecified atom stereocenters. The normalized spacial score (nSPS) is 23.4. The summed E-state index contributed by atoms with van der Waals surface area (Å²) in [5, 5.41) is 1.56. The van der Waals surface area contributed by atoms with Gasteiger partial charge in [0.2, 0.25) is 11.8 Å². The van der Waals surface area contributed by atoms with Crippen LogP contribution in [0.4, 0.5) is 0 Å². The summed E-state index contributed by atoms with van der Waals surface area (Å²) in [6.07, 6.45) is 4.56. The molecule has 0 radical (unpaired) electrons. The molecule has 2 saturated heterocycles. The summed E-state index contributed by atoms with van der Waals surface area (Å²) in [6.45, 7) is 3.92. The Hall–Kier alpha value is -2.01. The lowest BCUT2D eigenvalue weighted by atomic mass is 9.78. The van der Waals surface area contributed by atoms with Crippen LogP contribution in [0.5, 0.6) is 0 Å². The first-order chi connectivity index (χ1) is 12.4. The third-order valence-electron chi connectivity index (χ3n) is 5.93. The monoisotopic (exact) mass is 374 g/mol. The standard InChI is InChI=1S/C20H23ClN2O3/c1-13-8-17-15(10-16(13)21)14(11-26-17)9-18(24)23-7-5-20(12-23)4-3-6-22(2)19(20)25/h8,10-11H,3-7,9,12H2,1-2H3/t20-/m0/s1. The van der Waals surface area contributed by atoms with Crippen LogP contribution in [0.2, 0.25) is 5.02 Å². The summed E-state index contributed by atoms with van der Waals surface area (Å²) in [5.74, 6) is 0.234. The smallest absolute Gasteiger partial charge is 0.230 e. The van der Waals surface area contributed by atoms with Gasteiger partial charge in [0.25, 0.3) is 0 Å². The highest BCUT2D eigenvalue weighted by molar-refractivity contribution is 6.32. The van der Waals surface area contributed by atoms with Gasteiger partial charge in [-0.05, 0) is 43.9 Å². The molecule has 1 spiro atoms. The molecule has 2 fully saturated rings. The van der Waals surface area contributed by atoms with E-state index in [0.29, 0.717) is 18.1 Å². The Balaban J connectivity index is 1.51. The highest BCUT2D eigenvalue weighted by Gasteiger charge is 2.48. The third kappa shape index (κ3) is 2.78. The number of benzene rings is 1. The predicted octanol–water partition coefficient (Wildman–Crippen LogP) is 3.41. The Bertz CT molecular complexity index is 891. The van der Waals surface area contributed by atoms with E-state index in [2.05, 4.69) is 0 Å². The number of amides is 2. The van der Waals surface area contributed by atoms with Crippen LogP contribution in [0.1, 0.15) is 30.4 Å². The number of fused-ring (bicyclic) bond motifs is 1. The zero-order valence-electron chi connectivity index (χ0n) is 15.2. The fraction of sp³-hybridized carbons (Fsp3) is 0.500. The highest BCUT2D eigenvalue weighted by atomic mass is 35.5. The van der Waals surface area contributed by atoms with Crippen LogP contribution in [0.25, 0.3) is 11.0 Å². The number of halogens is 1. The minimum absolute atomic E-state index is 0.0438. The number of nitrogens with zero attached hydrogens (tertiary/aromatic N) is 2. The largest absolute Gasteiger partial charge is 0.464 e. The molecular weight excluding hydrogens is 352 g/mol. The summed E-state index contributed by atoms with van der Waals surface area (Å²) in [7, 11) is 1.86. The summed E-state index contributed by atoms with van der Waals surface area (Å²) in [4.78, 5) is 29.1. The van der Waals surface area contributed by atoms with Crippen molar-refractivity contribution in [2.45, 2.75) is 32.6 Å². The van der Waals surface area contributed by atoms with Crippen LogP contribution in [-0.2, 0) is 16.0 Å². The van der Waals surface area contributed by atoms with Crippen LogP contribution in [0.3, 0.4) is 0 Å². The van der Waals surface area contributed by atoms with Gasteiger partial charge in [-0.1, -0.05) is 11.6 Å². The topological polar surface area (TPSA) is 53.8 Å². The van der Waals surface area contributed by atoms with E-state index in [1.165, 1.54) is 0 Å². The maximum atomic E-state index is 12.8.